The second kappa shape index (κ2) is 8.48. The van der Waals surface area contributed by atoms with Crippen molar-refractivity contribution in [2.75, 3.05) is 25.0 Å². The van der Waals surface area contributed by atoms with Crippen LogP contribution in [0.3, 0.4) is 0 Å². The van der Waals surface area contributed by atoms with Gasteiger partial charge in [-0.2, -0.15) is 0 Å². The summed E-state index contributed by atoms with van der Waals surface area (Å²) in [6, 6.07) is 12.4. The van der Waals surface area contributed by atoms with Crippen LogP contribution < -0.4 is 5.32 Å². The summed E-state index contributed by atoms with van der Waals surface area (Å²) in [5, 5.41) is 3.51. The Labute approximate surface area is 144 Å². The van der Waals surface area contributed by atoms with E-state index in [1.165, 1.54) is 30.4 Å². The first-order chi connectivity index (χ1) is 11.8. The van der Waals surface area contributed by atoms with Crippen molar-refractivity contribution in [3.05, 3.63) is 59.9 Å². The standard InChI is InChI=1S/C20H26N4/c1-17-16-21-12-10-18(17)11-13-22-20(24-14-6-3-7-15-24)23-19-8-4-2-5-9-19/h2,4-5,8-10,12,16H,3,6-7,11,13-15H2,1H3,(H,22,23). The average molecular weight is 322 g/mol. The maximum atomic E-state index is 4.89. The number of para-hydroxylation sites is 1. The van der Waals surface area contributed by atoms with Crippen molar-refractivity contribution < 1.29 is 0 Å². The predicted molar refractivity (Wildman–Crippen MR) is 100 cm³/mol. The lowest BCUT2D eigenvalue weighted by Gasteiger charge is -2.30. The van der Waals surface area contributed by atoms with Gasteiger partial charge >= 0.3 is 0 Å². The molecule has 24 heavy (non-hydrogen) atoms. The molecule has 0 amide bonds. The molecule has 2 aromatic rings. The van der Waals surface area contributed by atoms with Crippen molar-refractivity contribution in [1.82, 2.24) is 9.88 Å². The van der Waals surface area contributed by atoms with Crippen LogP contribution in [-0.2, 0) is 6.42 Å². The van der Waals surface area contributed by atoms with Crippen molar-refractivity contribution in [3.63, 3.8) is 0 Å². The fourth-order valence-electron chi connectivity index (χ4n) is 3.04. The van der Waals surface area contributed by atoms with Crippen LogP contribution in [-0.4, -0.2) is 35.5 Å². The normalized spacial score (nSPS) is 15.4. The van der Waals surface area contributed by atoms with E-state index in [1.54, 1.807) is 0 Å². The summed E-state index contributed by atoms with van der Waals surface area (Å²) >= 11 is 0. The van der Waals surface area contributed by atoms with Crippen LogP contribution in [0.2, 0.25) is 0 Å². The Morgan fingerprint density at radius 2 is 1.92 bits per heavy atom. The van der Waals surface area contributed by atoms with E-state index in [2.05, 4.69) is 52.5 Å². The summed E-state index contributed by atoms with van der Waals surface area (Å²) in [7, 11) is 0. The number of aryl methyl sites for hydroxylation is 1. The van der Waals surface area contributed by atoms with Crippen LogP contribution in [0.15, 0.2) is 53.8 Å². The highest BCUT2D eigenvalue weighted by Gasteiger charge is 2.14. The molecule has 4 nitrogen and oxygen atoms in total. The lowest BCUT2D eigenvalue weighted by Crippen LogP contribution is -2.40. The summed E-state index contributed by atoms with van der Waals surface area (Å²) in [5.74, 6) is 1.01. The lowest BCUT2D eigenvalue weighted by atomic mass is 10.1. The highest BCUT2D eigenvalue weighted by Crippen LogP contribution is 2.13. The molecule has 3 rings (SSSR count). The first kappa shape index (κ1) is 16.5. The van der Waals surface area contributed by atoms with E-state index in [0.717, 1.165) is 37.7 Å². The highest BCUT2D eigenvalue weighted by molar-refractivity contribution is 5.93. The van der Waals surface area contributed by atoms with Gasteiger partial charge in [0.1, 0.15) is 0 Å². The maximum absolute atomic E-state index is 4.89. The molecule has 0 aliphatic carbocycles. The van der Waals surface area contributed by atoms with Crippen LogP contribution in [0, 0.1) is 6.92 Å². The molecule has 0 atom stereocenters. The zero-order valence-electron chi connectivity index (χ0n) is 14.4. The fourth-order valence-corrected chi connectivity index (χ4v) is 3.04. The SMILES string of the molecule is Cc1cnccc1CCN=C(Nc1ccccc1)N1CCCCC1. The molecular formula is C20H26N4. The molecule has 1 fully saturated rings. The Balaban J connectivity index is 1.69. The number of nitrogens with zero attached hydrogens (tertiary/aromatic N) is 3. The Morgan fingerprint density at radius 3 is 2.67 bits per heavy atom. The molecule has 0 radical (unpaired) electrons. The molecule has 126 valence electrons. The van der Waals surface area contributed by atoms with Crippen molar-refractivity contribution in [2.24, 2.45) is 4.99 Å². The molecule has 1 N–H and O–H groups in total. The molecule has 4 heteroatoms. The Bertz CT molecular complexity index is 660. The molecule has 0 spiro atoms. The number of hydrogen-bond donors (Lipinski definition) is 1. The average Bonchev–Trinajstić information content (AvgIpc) is 2.64. The fraction of sp³-hybridized carbons (Fsp3) is 0.400. The molecule has 1 aliphatic rings. The van der Waals surface area contributed by atoms with E-state index >= 15 is 0 Å². The number of pyridine rings is 1. The molecule has 1 saturated heterocycles. The van der Waals surface area contributed by atoms with Gasteiger partial charge in [-0.1, -0.05) is 18.2 Å². The number of piperidine rings is 1. The smallest absolute Gasteiger partial charge is 0.198 e. The van der Waals surface area contributed by atoms with E-state index in [9.17, 15) is 0 Å². The van der Waals surface area contributed by atoms with Gasteiger partial charge in [0.2, 0.25) is 0 Å². The van der Waals surface area contributed by atoms with Gasteiger partial charge in [-0.15, -0.1) is 0 Å². The minimum atomic E-state index is 0.788. The van der Waals surface area contributed by atoms with Gasteiger partial charge < -0.3 is 10.2 Å². The van der Waals surface area contributed by atoms with Gasteiger partial charge in [-0.25, -0.2) is 0 Å². The summed E-state index contributed by atoms with van der Waals surface area (Å²) in [4.78, 5) is 11.4. The van der Waals surface area contributed by atoms with Crippen LogP contribution in [0.4, 0.5) is 5.69 Å². The second-order valence-electron chi connectivity index (χ2n) is 6.30. The Morgan fingerprint density at radius 1 is 1.12 bits per heavy atom. The number of aromatic nitrogens is 1. The van der Waals surface area contributed by atoms with Crippen molar-refractivity contribution >= 4 is 11.6 Å². The second-order valence-corrected chi connectivity index (χ2v) is 6.30. The number of benzene rings is 1. The molecule has 1 aromatic heterocycles. The van der Waals surface area contributed by atoms with Crippen LogP contribution in [0.1, 0.15) is 30.4 Å². The van der Waals surface area contributed by atoms with Crippen LogP contribution in [0.5, 0.6) is 0 Å². The van der Waals surface area contributed by atoms with Crippen LogP contribution >= 0.6 is 0 Å². The van der Waals surface area contributed by atoms with E-state index in [0.29, 0.717) is 0 Å². The molecule has 0 unspecified atom stereocenters. The first-order valence-electron chi connectivity index (χ1n) is 8.84. The summed E-state index contributed by atoms with van der Waals surface area (Å²) in [5.41, 5.74) is 3.66. The Hall–Kier alpha value is -2.36. The van der Waals surface area contributed by atoms with Crippen molar-refractivity contribution in [3.8, 4) is 0 Å². The molecular weight excluding hydrogens is 296 g/mol. The van der Waals surface area contributed by atoms with Gasteiger partial charge in [0, 0.05) is 37.7 Å². The molecule has 1 aromatic carbocycles. The number of rotatable bonds is 4. The zero-order valence-corrected chi connectivity index (χ0v) is 14.4. The summed E-state index contributed by atoms with van der Waals surface area (Å²) in [6.07, 6.45) is 8.55. The Kier molecular flexibility index (Phi) is 5.83. The molecule has 0 bridgehead atoms. The van der Waals surface area contributed by atoms with E-state index in [4.69, 9.17) is 4.99 Å². The number of guanidine groups is 1. The van der Waals surface area contributed by atoms with Gasteiger partial charge in [-0.3, -0.25) is 9.98 Å². The van der Waals surface area contributed by atoms with Crippen molar-refractivity contribution in [1.29, 1.82) is 0 Å². The monoisotopic (exact) mass is 322 g/mol. The third-order valence-corrected chi connectivity index (χ3v) is 4.46. The van der Waals surface area contributed by atoms with Crippen molar-refractivity contribution in [2.45, 2.75) is 32.6 Å². The topological polar surface area (TPSA) is 40.5 Å². The molecule has 2 heterocycles. The van der Waals surface area contributed by atoms with Gasteiger partial charge in [-0.05, 0) is 61.9 Å². The predicted octanol–water partition coefficient (Wildman–Crippen LogP) is 3.89. The number of likely N-dealkylation sites (tertiary alicyclic amines) is 1. The van der Waals surface area contributed by atoms with Gasteiger partial charge in [0.15, 0.2) is 5.96 Å². The third kappa shape index (κ3) is 4.57. The first-order valence-corrected chi connectivity index (χ1v) is 8.84. The van der Waals surface area contributed by atoms with Gasteiger partial charge in [0.05, 0.1) is 0 Å². The lowest BCUT2D eigenvalue weighted by molar-refractivity contribution is 0.340. The quantitative estimate of drug-likeness (QED) is 0.686. The molecule has 1 aliphatic heterocycles. The number of anilines is 1. The minimum absolute atomic E-state index is 0.788. The van der Waals surface area contributed by atoms with Gasteiger partial charge in [0.25, 0.3) is 0 Å². The van der Waals surface area contributed by atoms with E-state index in [-0.39, 0.29) is 0 Å². The zero-order chi connectivity index (χ0) is 16.6. The minimum Gasteiger partial charge on any atom is -0.343 e. The third-order valence-electron chi connectivity index (χ3n) is 4.46. The molecule has 0 saturated carbocycles. The summed E-state index contributed by atoms with van der Waals surface area (Å²) in [6.45, 7) is 5.08. The number of hydrogen-bond acceptors (Lipinski definition) is 2. The summed E-state index contributed by atoms with van der Waals surface area (Å²) < 4.78 is 0. The number of nitrogens with one attached hydrogen (secondary N) is 1. The highest BCUT2D eigenvalue weighted by atomic mass is 15.3. The number of aliphatic imine (C=N–C) groups is 1. The van der Waals surface area contributed by atoms with E-state index < -0.39 is 0 Å². The maximum Gasteiger partial charge on any atom is 0.198 e. The van der Waals surface area contributed by atoms with E-state index in [1.807, 2.05) is 18.5 Å². The largest absolute Gasteiger partial charge is 0.343 e. The van der Waals surface area contributed by atoms with Crippen LogP contribution in [0.25, 0.3) is 0 Å².